The number of amides is 1. The standard InChI is InChI=1S/C15H17NO2/c1-11(17)16-10-4-5-12-8-9-15(18)14-7-3-2-6-13(12)14/h2-3,6-9,18H,4-5,10H2,1H3,(H,16,17). The summed E-state index contributed by atoms with van der Waals surface area (Å²) in [6.07, 6.45) is 1.79. The number of aryl methyl sites for hydroxylation is 1. The molecule has 2 N–H and O–H groups in total. The molecule has 1 amide bonds. The summed E-state index contributed by atoms with van der Waals surface area (Å²) in [6.45, 7) is 2.21. The first-order chi connectivity index (χ1) is 8.68. The van der Waals surface area contributed by atoms with Gasteiger partial charge in [-0.15, -0.1) is 0 Å². The van der Waals surface area contributed by atoms with Gasteiger partial charge in [-0.25, -0.2) is 0 Å². The minimum atomic E-state index is 0.00515. The smallest absolute Gasteiger partial charge is 0.216 e. The molecular weight excluding hydrogens is 226 g/mol. The van der Waals surface area contributed by atoms with Crippen LogP contribution in [0.1, 0.15) is 18.9 Å². The van der Waals surface area contributed by atoms with Crippen LogP contribution in [0.5, 0.6) is 5.75 Å². The Labute approximate surface area is 106 Å². The SMILES string of the molecule is CC(=O)NCCCc1ccc(O)c2ccccc12. The molecule has 0 aliphatic heterocycles. The minimum absolute atomic E-state index is 0.00515. The predicted molar refractivity (Wildman–Crippen MR) is 72.6 cm³/mol. The zero-order chi connectivity index (χ0) is 13.0. The van der Waals surface area contributed by atoms with Crippen molar-refractivity contribution in [1.29, 1.82) is 0 Å². The van der Waals surface area contributed by atoms with Gasteiger partial charge in [0.25, 0.3) is 0 Å². The van der Waals surface area contributed by atoms with E-state index < -0.39 is 0 Å². The minimum Gasteiger partial charge on any atom is -0.507 e. The van der Waals surface area contributed by atoms with Crippen molar-refractivity contribution in [2.45, 2.75) is 19.8 Å². The third-order valence-corrected chi connectivity index (χ3v) is 2.99. The number of carbonyl (C=O) groups excluding carboxylic acids is 1. The Kier molecular flexibility index (Phi) is 3.82. The molecule has 3 heteroatoms. The summed E-state index contributed by atoms with van der Waals surface area (Å²) in [5.41, 5.74) is 1.20. The van der Waals surface area contributed by atoms with E-state index in [2.05, 4.69) is 5.32 Å². The average molecular weight is 243 g/mol. The maximum atomic E-state index is 10.8. The summed E-state index contributed by atoms with van der Waals surface area (Å²) in [6, 6.07) is 11.5. The molecule has 0 saturated heterocycles. The molecule has 0 atom stereocenters. The first-order valence-electron chi connectivity index (χ1n) is 6.12. The Balaban J connectivity index is 2.14. The molecule has 94 valence electrons. The van der Waals surface area contributed by atoms with Crippen molar-refractivity contribution in [3.63, 3.8) is 0 Å². The first kappa shape index (κ1) is 12.4. The highest BCUT2D eigenvalue weighted by Gasteiger charge is 2.04. The third kappa shape index (κ3) is 2.80. The highest BCUT2D eigenvalue weighted by molar-refractivity contribution is 5.90. The lowest BCUT2D eigenvalue weighted by Gasteiger charge is -2.08. The molecule has 0 radical (unpaired) electrons. The van der Waals surface area contributed by atoms with Crippen LogP contribution in [0, 0.1) is 0 Å². The Morgan fingerprint density at radius 1 is 1.17 bits per heavy atom. The van der Waals surface area contributed by atoms with E-state index in [1.54, 1.807) is 6.07 Å². The van der Waals surface area contributed by atoms with Crippen molar-refractivity contribution in [3.8, 4) is 5.75 Å². The van der Waals surface area contributed by atoms with Crippen molar-refractivity contribution in [3.05, 3.63) is 42.0 Å². The summed E-state index contributed by atoms with van der Waals surface area (Å²) >= 11 is 0. The molecule has 0 aromatic heterocycles. The molecular formula is C15H17NO2. The fourth-order valence-electron chi connectivity index (χ4n) is 2.11. The zero-order valence-corrected chi connectivity index (χ0v) is 10.4. The van der Waals surface area contributed by atoms with Gasteiger partial charge >= 0.3 is 0 Å². The lowest BCUT2D eigenvalue weighted by atomic mass is 10.0. The fraction of sp³-hybridized carbons (Fsp3) is 0.267. The summed E-state index contributed by atoms with van der Waals surface area (Å²) in [5.74, 6) is 0.321. The summed E-state index contributed by atoms with van der Waals surface area (Å²) in [4.78, 5) is 10.8. The Morgan fingerprint density at radius 3 is 2.61 bits per heavy atom. The number of hydrogen-bond donors (Lipinski definition) is 2. The maximum Gasteiger partial charge on any atom is 0.216 e. The molecule has 0 aliphatic rings. The molecule has 0 aliphatic carbocycles. The van der Waals surface area contributed by atoms with E-state index in [0.29, 0.717) is 12.3 Å². The largest absolute Gasteiger partial charge is 0.507 e. The van der Waals surface area contributed by atoms with Crippen LogP contribution < -0.4 is 5.32 Å². The Hall–Kier alpha value is -2.03. The van der Waals surface area contributed by atoms with Crippen LogP contribution in [0.4, 0.5) is 0 Å². The number of fused-ring (bicyclic) bond motifs is 1. The number of aromatic hydroxyl groups is 1. The highest BCUT2D eigenvalue weighted by Crippen LogP contribution is 2.27. The van der Waals surface area contributed by atoms with E-state index in [1.807, 2.05) is 30.3 Å². The van der Waals surface area contributed by atoms with E-state index in [9.17, 15) is 9.90 Å². The molecule has 0 saturated carbocycles. The Bertz CT molecular complexity index is 563. The van der Waals surface area contributed by atoms with Crippen molar-refractivity contribution >= 4 is 16.7 Å². The number of carbonyl (C=O) groups is 1. The van der Waals surface area contributed by atoms with Crippen molar-refractivity contribution in [2.75, 3.05) is 6.54 Å². The molecule has 18 heavy (non-hydrogen) atoms. The second-order valence-corrected chi connectivity index (χ2v) is 4.38. The lowest BCUT2D eigenvalue weighted by Crippen LogP contribution is -2.21. The number of benzene rings is 2. The van der Waals surface area contributed by atoms with Crippen molar-refractivity contribution in [1.82, 2.24) is 5.32 Å². The highest BCUT2D eigenvalue weighted by atomic mass is 16.3. The third-order valence-electron chi connectivity index (χ3n) is 2.99. The number of rotatable bonds is 4. The molecule has 0 bridgehead atoms. The van der Waals surface area contributed by atoms with Crippen LogP contribution in [0.3, 0.4) is 0 Å². The quantitative estimate of drug-likeness (QED) is 0.811. The number of nitrogens with one attached hydrogen (secondary N) is 1. The van der Waals surface area contributed by atoms with E-state index in [-0.39, 0.29) is 5.91 Å². The van der Waals surface area contributed by atoms with Gasteiger partial charge in [0.05, 0.1) is 0 Å². The summed E-state index contributed by atoms with van der Waals surface area (Å²) < 4.78 is 0. The fourth-order valence-corrected chi connectivity index (χ4v) is 2.11. The average Bonchev–Trinajstić information content (AvgIpc) is 2.37. The number of phenolic OH excluding ortho intramolecular Hbond substituents is 1. The van der Waals surface area contributed by atoms with Gasteiger partial charge < -0.3 is 10.4 Å². The summed E-state index contributed by atoms with van der Waals surface area (Å²) in [5, 5.41) is 14.5. The molecule has 2 aromatic carbocycles. The summed E-state index contributed by atoms with van der Waals surface area (Å²) in [7, 11) is 0. The van der Waals surface area contributed by atoms with E-state index in [4.69, 9.17) is 0 Å². The molecule has 2 rings (SSSR count). The van der Waals surface area contributed by atoms with Gasteiger partial charge in [0.1, 0.15) is 5.75 Å². The first-order valence-corrected chi connectivity index (χ1v) is 6.12. The van der Waals surface area contributed by atoms with Crippen molar-refractivity contribution < 1.29 is 9.90 Å². The van der Waals surface area contributed by atoms with Crippen LogP contribution in [-0.2, 0) is 11.2 Å². The van der Waals surface area contributed by atoms with Crippen LogP contribution in [-0.4, -0.2) is 17.6 Å². The molecule has 0 fully saturated rings. The normalized spacial score (nSPS) is 10.5. The van der Waals surface area contributed by atoms with Gasteiger partial charge in [-0.2, -0.15) is 0 Å². The molecule has 3 nitrogen and oxygen atoms in total. The second-order valence-electron chi connectivity index (χ2n) is 4.38. The predicted octanol–water partition coefficient (Wildman–Crippen LogP) is 2.61. The van der Waals surface area contributed by atoms with Gasteiger partial charge in [0.2, 0.25) is 5.91 Å². The van der Waals surface area contributed by atoms with Crippen LogP contribution >= 0.6 is 0 Å². The van der Waals surface area contributed by atoms with Gasteiger partial charge in [0.15, 0.2) is 0 Å². The van der Waals surface area contributed by atoms with E-state index >= 15 is 0 Å². The lowest BCUT2D eigenvalue weighted by molar-refractivity contribution is -0.118. The monoisotopic (exact) mass is 243 g/mol. The van der Waals surface area contributed by atoms with Crippen LogP contribution in [0.25, 0.3) is 10.8 Å². The van der Waals surface area contributed by atoms with Gasteiger partial charge in [-0.05, 0) is 29.9 Å². The zero-order valence-electron chi connectivity index (χ0n) is 10.4. The van der Waals surface area contributed by atoms with Crippen molar-refractivity contribution in [2.24, 2.45) is 0 Å². The Morgan fingerprint density at radius 2 is 1.89 bits per heavy atom. The van der Waals surface area contributed by atoms with E-state index in [0.717, 1.165) is 23.6 Å². The molecule has 0 unspecified atom stereocenters. The van der Waals surface area contributed by atoms with Gasteiger partial charge in [-0.1, -0.05) is 30.3 Å². The molecule has 2 aromatic rings. The molecule has 0 heterocycles. The second kappa shape index (κ2) is 5.54. The van der Waals surface area contributed by atoms with Crippen LogP contribution in [0.15, 0.2) is 36.4 Å². The van der Waals surface area contributed by atoms with Gasteiger partial charge in [-0.3, -0.25) is 4.79 Å². The van der Waals surface area contributed by atoms with Gasteiger partial charge in [0, 0.05) is 18.9 Å². The maximum absolute atomic E-state index is 10.8. The molecule has 0 spiro atoms. The topological polar surface area (TPSA) is 49.3 Å². The number of phenols is 1. The van der Waals surface area contributed by atoms with Crippen LogP contribution in [0.2, 0.25) is 0 Å². The van der Waals surface area contributed by atoms with E-state index in [1.165, 1.54) is 12.5 Å². The number of hydrogen-bond acceptors (Lipinski definition) is 2.